The number of unbranched alkanes of at least 4 members (excludes halogenated alkanes) is 2. The SMILES string of the molecule is NC(=O)COC(=O)NCCNC(=O)CNC(=O)C(Cc1ccccc1)NC(=O)CNC(=O)CNC(=O)CCCCCN1C(=O)C=CC1=O. The second-order valence-electron chi connectivity index (χ2n) is 10.4. The molecule has 9 amide bonds. The number of nitrogens with two attached hydrogens (primary N) is 1. The number of carbonyl (C=O) groups is 9. The molecule has 1 unspecified atom stereocenters. The number of imide groups is 1. The van der Waals surface area contributed by atoms with E-state index in [9.17, 15) is 43.2 Å². The first-order valence-corrected chi connectivity index (χ1v) is 15.1. The third-order valence-corrected chi connectivity index (χ3v) is 6.50. The van der Waals surface area contributed by atoms with Crippen LogP contribution in [-0.4, -0.2) is 110 Å². The molecule has 0 aliphatic carbocycles. The fraction of sp³-hybridized carbons (Fsp3) is 0.433. The summed E-state index contributed by atoms with van der Waals surface area (Å²) in [6, 6.07) is 7.69. The molecule has 18 nitrogen and oxygen atoms in total. The summed E-state index contributed by atoms with van der Waals surface area (Å²) in [6.45, 7) is -1.64. The first-order chi connectivity index (χ1) is 22.9. The molecule has 18 heteroatoms. The molecule has 0 spiro atoms. The van der Waals surface area contributed by atoms with Crippen LogP contribution in [0.3, 0.4) is 0 Å². The summed E-state index contributed by atoms with van der Waals surface area (Å²) < 4.78 is 4.50. The molecule has 2 rings (SSSR count). The van der Waals surface area contributed by atoms with Crippen molar-refractivity contribution in [1.29, 1.82) is 0 Å². The van der Waals surface area contributed by atoms with E-state index in [2.05, 4.69) is 36.6 Å². The first-order valence-electron chi connectivity index (χ1n) is 15.1. The second-order valence-corrected chi connectivity index (χ2v) is 10.4. The Hall–Kier alpha value is -5.81. The smallest absolute Gasteiger partial charge is 0.407 e. The van der Waals surface area contributed by atoms with Gasteiger partial charge in [-0.15, -0.1) is 0 Å². The van der Waals surface area contributed by atoms with E-state index in [1.54, 1.807) is 30.3 Å². The zero-order valence-electron chi connectivity index (χ0n) is 26.2. The predicted molar refractivity (Wildman–Crippen MR) is 167 cm³/mol. The van der Waals surface area contributed by atoms with Crippen LogP contribution in [-0.2, 0) is 49.5 Å². The summed E-state index contributed by atoms with van der Waals surface area (Å²) in [5, 5.41) is 14.5. The Kier molecular flexibility index (Phi) is 16.8. The first kappa shape index (κ1) is 38.4. The van der Waals surface area contributed by atoms with Crippen molar-refractivity contribution in [1.82, 2.24) is 36.8 Å². The maximum Gasteiger partial charge on any atom is 0.407 e. The third-order valence-electron chi connectivity index (χ3n) is 6.50. The van der Waals surface area contributed by atoms with Gasteiger partial charge in [-0.05, 0) is 18.4 Å². The van der Waals surface area contributed by atoms with Crippen molar-refractivity contribution in [2.24, 2.45) is 5.73 Å². The Morgan fingerprint density at radius 3 is 2.00 bits per heavy atom. The summed E-state index contributed by atoms with van der Waals surface area (Å²) in [5.41, 5.74) is 5.59. The molecule has 1 aromatic carbocycles. The second kappa shape index (κ2) is 21.1. The van der Waals surface area contributed by atoms with E-state index in [-0.39, 0.29) is 56.7 Å². The quantitative estimate of drug-likeness (QED) is 0.0510. The number of nitrogens with one attached hydrogen (secondary N) is 6. The minimum absolute atomic E-state index is 0.00595. The lowest BCUT2D eigenvalue weighted by Crippen LogP contribution is -2.52. The molecule has 0 saturated carbocycles. The summed E-state index contributed by atoms with van der Waals surface area (Å²) in [5.74, 6) is -4.48. The van der Waals surface area contributed by atoms with Gasteiger partial charge in [0.25, 0.3) is 17.7 Å². The molecule has 0 aromatic heterocycles. The number of carbonyl (C=O) groups excluding carboxylic acids is 9. The summed E-state index contributed by atoms with van der Waals surface area (Å²) >= 11 is 0. The molecule has 260 valence electrons. The van der Waals surface area contributed by atoms with E-state index in [0.717, 1.165) is 10.5 Å². The number of hydrogen-bond acceptors (Lipinski definition) is 10. The van der Waals surface area contributed by atoms with Crippen molar-refractivity contribution >= 4 is 53.4 Å². The van der Waals surface area contributed by atoms with Crippen LogP contribution >= 0.6 is 0 Å². The van der Waals surface area contributed by atoms with Gasteiger partial charge in [0.2, 0.25) is 29.5 Å². The van der Waals surface area contributed by atoms with Crippen LogP contribution in [0.4, 0.5) is 4.79 Å². The lowest BCUT2D eigenvalue weighted by Gasteiger charge is -2.19. The number of ether oxygens (including phenoxy) is 1. The van der Waals surface area contributed by atoms with Crippen LogP contribution in [0.1, 0.15) is 31.2 Å². The fourth-order valence-corrected chi connectivity index (χ4v) is 4.10. The minimum atomic E-state index is -1.09. The number of amides is 9. The number of primary amides is 1. The Labute approximate surface area is 275 Å². The molecule has 0 fully saturated rings. The Morgan fingerprint density at radius 1 is 0.708 bits per heavy atom. The van der Waals surface area contributed by atoms with Gasteiger partial charge in [-0.1, -0.05) is 36.8 Å². The van der Waals surface area contributed by atoms with Crippen molar-refractivity contribution in [3.63, 3.8) is 0 Å². The van der Waals surface area contributed by atoms with Crippen molar-refractivity contribution in [2.75, 3.05) is 45.9 Å². The maximum absolute atomic E-state index is 12.9. The van der Waals surface area contributed by atoms with Gasteiger partial charge in [-0.2, -0.15) is 0 Å². The molecular formula is C30H40N8O10. The zero-order chi connectivity index (χ0) is 35.3. The Balaban J connectivity index is 1.69. The van der Waals surface area contributed by atoms with Crippen LogP contribution in [0.5, 0.6) is 0 Å². The molecule has 0 bridgehead atoms. The average molecular weight is 673 g/mol. The van der Waals surface area contributed by atoms with Crippen LogP contribution in [0.25, 0.3) is 0 Å². The molecule has 48 heavy (non-hydrogen) atoms. The van der Waals surface area contributed by atoms with Crippen molar-refractivity contribution in [2.45, 2.75) is 38.1 Å². The van der Waals surface area contributed by atoms with Crippen molar-refractivity contribution in [3.05, 3.63) is 48.0 Å². The van der Waals surface area contributed by atoms with Crippen molar-refractivity contribution in [3.8, 4) is 0 Å². The molecule has 1 heterocycles. The summed E-state index contributed by atoms with van der Waals surface area (Å²) in [6.07, 6.45) is 3.35. The summed E-state index contributed by atoms with van der Waals surface area (Å²) in [7, 11) is 0. The highest BCUT2D eigenvalue weighted by molar-refractivity contribution is 6.12. The highest BCUT2D eigenvalue weighted by Gasteiger charge is 2.23. The van der Waals surface area contributed by atoms with Gasteiger partial charge in [0, 0.05) is 44.6 Å². The van der Waals surface area contributed by atoms with Crippen LogP contribution in [0.15, 0.2) is 42.5 Å². The fourth-order valence-electron chi connectivity index (χ4n) is 4.10. The van der Waals surface area contributed by atoms with Gasteiger partial charge in [0.1, 0.15) is 6.04 Å². The topological polar surface area (TPSA) is 264 Å². The monoisotopic (exact) mass is 672 g/mol. The van der Waals surface area contributed by atoms with E-state index in [1.165, 1.54) is 12.2 Å². The number of rotatable bonds is 21. The van der Waals surface area contributed by atoms with Crippen molar-refractivity contribution < 1.29 is 47.9 Å². The number of nitrogens with zero attached hydrogens (tertiary/aromatic N) is 1. The van der Waals surface area contributed by atoms with E-state index in [0.29, 0.717) is 19.3 Å². The van der Waals surface area contributed by atoms with Crippen LogP contribution < -0.4 is 37.6 Å². The lowest BCUT2D eigenvalue weighted by molar-refractivity contribution is -0.137. The largest absolute Gasteiger partial charge is 0.439 e. The van der Waals surface area contributed by atoms with Gasteiger partial charge >= 0.3 is 6.09 Å². The Bertz CT molecular complexity index is 1350. The highest BCUT2D eigenvalue weighted by Crippen LogP contribution is 2.08. The number of alkyl carbamates (subject to hydrolysis) is 1. The lowest BCUT2D eigenvalue weighted by atomic mass is 10.1. The van der Waals surface area contributed by atoms with Crippen LogP contribution in [0.2, 0.25) is 0 Å². The van der Waals surface area contributed by atoms with Gasteiger partial charge < -0.3 is 42.4 Å². The maximum atomic E-state index is 12.9. The number of benzene rings is 1. The molecule has 1 aliphatic heterocycles. The minimum Gasteiger partial charge on any atom is -0.439 e. The summed E-state index contributed by atoms with van der Waals surface area (Å²) in [4.78, 5) is 108. The average Bonchev–Trinajstić information content (AvgIpc) is 3.38. The van der Waals surface area contributed by atoms with E-state index >= 15 is 0 Å². The molecule has 1 atom stereocenters. The Morgan fingerprint density at radius 2 is 1.31 bits per heavy atom. The van der Waals surface area contributed by atoms with Gasteiger partial charge in [-0.3, -0.25) is 43.3 Å². The van der Waals surface area contributed by atoms with E-state index in [4.69, 9.17) is 5.73 Å². The van der Waals surface area contributed by atoms with E-state index < -0.39 is 61.4 Å². The molecule has 0 saturated heterocycles. The zero-order valence-corrected chi connectivity index (χ0v) is 26.2. The van der Waals surface area contributed by atoms with E-state index in [1.807, 2.05) is 0 Å². The predicted octanol–water partition coefficient (Wildman–Crippen LogP) is -3.12. The molecular weight excluding hydrogens is 632 g/mol. The number of hydrogen-bond donors (Lipinski definition) is 7. The van der Waals surface area contributed by atoms with Gasteiger partial charge in [0.05, 0.1) is 19.6 Å². The molecule has 0 radical (unpaired) electrons. The standard InChI is InChI=1S/C30H40N8O10/c31-22(39)19-48-30(47)33-13-12-32-24(41)17-36-29(46)21(15-20-7-3-1-4-8-20)37-26(43)18-35-25(42)16-34-23(40)9-5-2-6-14-38-27(44)10-11-28(38)45/h1,3-4,7-8,10-11,21H,2,5-6,9,12-19H2,(H2,31,39)(H,32,41)(H,33,47)(H,34,40)(H,35,42)(H,36,46)(H,37,43). The van der Waals surface area contributed by atoms with Gasteiger partial charge in [0.15, 0.2) is 6.61 Å². The van der Waals surface area contributed by atoms with Gasteiger partial charge in [-0.25, -0.2) is 4.79 Å². The van der Waals surface area contributed by atoms with Crippen LogP contribution in [0, 0.1) is 0 Å². The normalized spacial score (nSPS) is 12.5. The highest BCUT2D eigenvalue weighted by atomic mass is 16.6. The third kappa shape index (κ3) is 16.0. The molecule has 1 aromatic rings. The molecule has 8 N–H and O–H groups in total. The molecule has 1 aliphatic rings.